The summed E-state index contributed by atoms with van der Waals surface area (Å²) in [6.45, 7) is 10.2. The van der Waals surface area contributed by atoms with Crippen LogP contribution in [0.1, 0.15) is 46.5 Å². The Balaban J connectivity index is 0.000000531. The molecule has 1 heterocycles. The Bertz CT molecular complexity index is 158. The van der Waals surface area contributed by atoms with Crippen LogP contribution < -0.4 is 0 Å². The van der Waals surface area contributed by atoms with Gasteiger partial charge in [-0.1, -0.05) is 20.8 Å². The van der Waals surface area contributed by atoms with Crippen LogP contribution in [-0.4, -0.2) is 48.6 Å². The van der Waals surface area contributed by atoms with E-state index in [-0.39, 0.29) is 0 Å². The van der Waals surface area contributed by atoms with E-state index in [4.69, 9.17) is 0 Å². The summed E-state index contributed by atoms with van der Waals surface area (Å²) in [5.74, 6) is 0. The molecule has 0 aromatic carbocycles. The van der Waals surface area contributed by atoms with Crippen LogP contribution in [-0.2, 0) is 0 Å². The summed E-state index contributed by atoms with van der Waals surface area (Å²) in [5, 5.41) is 0. The zero-order valence-corrected chi connectivity index (χ0v) is 11.0. The number of rotatable bonds is 3. The summed E-state index contributed by atoms with van der Waals surface area (Å²) in [6.07, 6.45) is 5.71. The summed E-state index contributed by atoms with van der Waals surface area (Å²) in [5.41, 5.74) is 0. The van der Waals surface area contributed by atoms with Gasteiger partial charge in [-0.3, -0.25) is 0 Å². The van der Waals surface area contributed by atoms with E-state index >= 15 is 0 Å². The topological polar surface area (TPSA) is 6.48 Å². The third kappa shape index (κ3) is 3.76. The van der Waals surface area contributed by atoms with Crippen molar-refractivity contribution in [1.82, 2.24) is 9.80 Å². The van der Waals surface area contributed by atoms with Crippen molar-refractivity contribution in [3.8, 4) is 0 Å². The first-order valence-electron chi connectivity index (χ1n) is 6.75. The fourth-order valence-corrected chi connectivity index (χ4v) is 2.39. The molecule has 2 heteroatoms. The van der Waals surface area contributed by atoms with Crippen molar-refractivity contribution in [2.24, 2.45) is 0 Å². The van der Waals surface area contributed by atoms with Crippen molar-refractivity contribution in [3.63, 3.8) is 0 Å². The van der Waals surface area contributed by atoms with Gasteiger partial charge in [-0.05, 0) is 52.4 Å². The Hall–Kier alpha value is -0.0800. The average Bonchev–Trinajstić information content (AvgIpc) is 3.15. The lowest BCUT2D eigenvalue weighted by atomic mass is 10.0. The molecule has 0 atom stereocenters. The molecule has 15 heavy (non-hydrogen) atoms. The molecular weight excluding hydrogens is 184 g/mol. The van der Waals surface area contributed by atoms with E-state index in [9.17, 15) is 0 Å². The van der Waals surface area contributed by atoms with Gasteiger partial charge in [-0.2, -0.15) is 0 Å². The third-order valence-electron chi connectivity index (χ3n) is 3.68. The third-order valence-corrected chi connectivity index (χ3v) is 3.68. The van der Waals surface area contributed by atoms with E-state index in [1.54, 1.807) is 0 Å². The van der Waals surface area contributed by atoms with E-state index < -0.39 is 0 Å². The molecular formula is C13H28N2. The Morgan fingerprint density at radius 1 is 1.07 bits per heavy atom. The standard InChI is InChI=1S/C11H22N2.C2H6/c1-3-12(2)10-6-8-13(9-7-10)11-4-5-11;1-2/h10-11H,3-9H2,1-2H3;1-2H3. The molecule has 0 N–H and O–H groups in total. The fraction of sp³-hybridized carbons (Fsp3) is 1.00. The number of likely N-dealkylation sites (tertiary alicyclic amines) is 1. The van der Waals surface area contributed by atoms with Crippen molar-refractivity contribution < 1.29 is 0 Å². The highest BCUT2D eigenvalue weighted by molar-refractivity contribution is 4.88. The highest BCUT2D eigenvalue weighted by Gasteiger charge is 2.32. The lowest BCUT2D eigenvalue weighted by Gasteiger charge is -2.36. The van der Waals surface area contributed by atoms with Gasteiger partial charge in [0, 0.05) is 12.1 Å². The summed E-state index contributed by atoms with van der Waals surface area (Å²) in [4.78, 5) is 5.20. The molecule has 2 aliphatic rings. The van der Waals surface area contributed by atoms with Crippen LogP contribution in [0.3, 0.4) is 0 Å². The zero-order valence-electron chi connectivity index (χ0n) is 11.0. The summed E-state index contributed by atoms with van der Waals surface area (Å²) in [6, 6.07) is 1.84. The molecule has 0 unspecified atom stereocenters. The molecule has 0 amide bonds. The van der Waals surface area contributed by atoms with Crippen LogP contribution in [0.2, 0.25) is 0 Å². The molecule has 0 bridgehead atoms. The Kier molecular flexibility index (Phi) is 5.62. The lowest BCUT2D eigenvalue weighted by molar-refractivity contribution is 0.127. The van der Waals surface area contributed by atoms with Crippen molar-refractivity contribution in [2.75, 3.05) is 26.7 Å². The van der Waals surface area contributed by atoms with Gasteiger partial charge in [-0.15, -0.1) is 0 Å². The maximum Gasteiger partial charge on any atom is 0.0116 e. The summed E-state index contributed by atoms with van der Waals surface area (Å²) in [7, 11) is 2.26. The van der Waals surface area contributed by atoms with Crippen LogP contribution in [0.4, 0.5) is 0 Å². The normalized spacial score (nSPS) is 23.8. The first kappa shape index (κ1) is 13.0. The first-order chi connectivity index (χ1) is 7.31. The van der Waals surface area contributed by atoms with Crippen molar-refractivity contribution in [2.45, 2.75) is 58.5 Å². The lowest BCUT2D eigenvalue weighted by Crippen LogP contribution is -2.43. The van der Waals surface area contributed by atoms with Gasteiger partial charge in [0.15, 0.2) is 0 Å². The largest absolute Gasteiger partial charge is 0.304 e. The minimum Gasteiger partial charge on any atom is -0.304 e. The van der Waals surface area contributed by atoms with Gasteiger partial charge in [-0.25, -0.2) is 0 Å². The van der Waals surface area contributed by atoms with Gasteiger partial charge in [0.25, 0.3) is 0 Å². The SMILES string of the molecule is CC.CCN(C)C1CCN(C2CC2)CC1. The number of piperidine rings is 1. The van der Waals surface area contributed by atoms with E-state index in [0.717, 1.165) is 12.1 Å². The maximum absolute atomic E-state index is 2.69. The minimum atomic E-state index is 0.861. The predicted molar refractivity (Wildman–Crippen MR) is 67.3 cm³/mol. The second-order valence-electron chi connectivity index (χ2n) is 4.57. The molecule has 2 fully saturated rings. The van der Waals surface area contributed by atoms with Crippen LogP contribution in [0.5, 0.6) is 0 Å². The Morgan fingerprint density at radius 2 is 1.60 bits per heavy atom. The predicted octanol–water partition coefficient (Wildman–Crippen LogP) is 2.59. The van der Waals surface area contributed by atoms with Gasteiger partial charge in [0.2, 0.25) is 0 Å². The highest BCUT2D eigenvalue weighted by atomic mass is 15.2. The van der Waals surface area contributed by atoms with E-state index in [1.807, 2.05) is 13.8 Å². The van der Waals surface area contributed by atoms with Crippen LogP contribution in [0.15, 0.2) is 0 Å². The van der Waals surface area contributed by atoms with Crippen LogP contribution in [0.25, 0.3) is 0 Å². The smallest absolute Gasteiger partial charge is 0.0116 e. The minimum absolute atomic E-state index is 0.861. The fourth-order valence-electron chi connectivity index (χ4n) is 2.39. The monoisotopic (exact) mass is 212 g/mol. The molecule has 0 spiro atoms. The van der Waals surface area contributed by atoms with Gasteiger partial charge in [0.05, 0.1) is 0 Å². The van der Waals surface area contributed by atoms with Gasteiger partial charge >= 0.3 is 0 Å². The maximum atomic E-state index is 2.69. The first-order valence-corrected chi connectivity index (χ1v) is 6.75. The van der Waals surface area contributed by atoms with E-state index in [2.05, 4.69) is 23.8 Å². The zero-order chi connectivity index (χ0) is 11.3. The molecule has 1 saturated heterocycles. The van der Waals surface area contributed by atoms with Crippen LogP contribution in [0, 0.1) is 0 Å². The van der Waals surface area contributed by atoms with Crippen LogP contribution >= 0.6 is 0 Å². The summed E-state index contributed by atoms with van der Waals surface area (Å²) >= 11 is 0. The number of nitrogens with zero attached hydrogens (tertiary/aromatic N) is 2. The molecule has 0 aromatic heterocycles. The molecule has 0 aromatic rings. The summed E-state index contributed by atoms with van der Waals surface area (Å²) < 4.78 is 0. The molecule has 1 aliphatic heterocycles. The second kappa shape index (κ2) is 6.49. The Labute approximate surface area is 95.6 Å². The van der Waals surface area contributed by atoms with E-state index in [1.165, 1.54) is 45.3 Å². The van der Waals surface area contributed by atoms with Crippen molar-refractivity contribution in [3.05, 3.63) is 0 Å². The highest BCUT2D eigenvalue weighted by Crippen LogP contribution is 2.29. The van der Waals surface area contributed by atoms with Gasteiger partial charge < -0.3 is 9.80 Å². The molecule has 0 radical (unpaired) electrons. The molecule has 2 rings (SSSR count). The molecule has 1 aliphatic carbocycles. The van der Waals surface area contributed by atoms with Gasteiger partial charge in [0.1, 0.15) is 0 Å². The van der Waals surface area contributed by atoms with Crippen molar-refractivity contribution in [1.29, 1.82) is 0 Å². The molecule has 90 valence electrons. The quantitative estimate of drug-likeness (QED) is 0.709. The Morgan fingerprint density at radius 3 is 2.00 bits per heavy atom. The average molecular weight is 212 g/mol. The molecule has 2 nitrogen and oxygen atoms in total. The number of hydrogen-bond donors (Lipinski definition) is 0. The molecule has 1 saturated carbocycles. The van der Waals surface area contributed by atoms with Crippen molar-refractivity contribution >= 4 is 0 Å². The number of hydrogen-bond acceptors (Lipinski definition) is 2. The van der Waals surface area contributed by atoms with E-state index in [0.29, 0.717) is 0 Å². The second-order valence-corrected chi connectivity index (χ2v) is 4.57.